The zero-order valence-corrected chi connectivity index (χ0v) is 13.0. The van der Waals surface area contributed by atoms with Crippen LogP contribution in [0.4, 0.5) is 4.39 Å². The van der Waals surface area contributed by atoms with Crippen molar-refractivity contribution in [3.63, 3.8) is 0 Å². The quantitative estimate of drug-likeness (QED) is 0.825. The van der Waals surface area contributed by atoms with Crippen LogP contribution in [0.25, 0.3) is 0 Å². The van der Waals surface area contributed by atoms with Gasteiger partial charge in [-0.2, -0.15) is 0 Å². The number of rotatable bonds is 7. The van der Waals surface area contributed by atoms with Crippen LogP contribution in [0.5, 0.6) is 5.75 Å². The molecule has 23 heavy (non-hydrogen) atoms. The smallest absolute Gasteiger partial charge is 0.254 e. The van der Waals surface area contributed by atoms with E-state index in [-0.39, 0.29) is 11.5 Å². The van der Waals surface area contributed by atoms with Gasteiger partial charge in [-0.05, 0) is 23.6 Å². The van der Waals surface area contributed by atoms with Gasteiger partial charge in [-0.1, -0.05) is 43.3 Å². The monoisotopic (exact) mass is 317 g/mol. The van der Waals surface area contributed by atoms with Crippen LogP contribution in [0.3, 0.4) is 0 Å². The number of phenolic OH excluding ortho intramolecular Hbond substituents is 1. The molecular weight excluding hydrogens is 297 g/mol. The lowest BCUT2D eigenvalue weighted by atomic mass is 10.1. The molecule has 2 aromatic carbocycles. The summed E-state index contributed by atoms with van der Waals surface area (Å²) in [5.41, 5.74) is 0.924. The molecule has 0 heterocycles. The first-order valence-electron chi connectivity index (χ1n) is 7.45. The molecule has 0 aliphatic carbocycles. The Morgan fingerprint density at radius 2 is 1.96 bits per heavy atom. The van der Waals surface area contributed by atoms with Crippen molar-refractivity contribution in [2.24, 2.45) is 5.92 Å². The molecular formula is C18H20FNO3. The van der Waals surface area contributed by atoms with Crippen molar-refractivity contribution in [3.05, 3.63) is 65.5 Å². The van der Waals surface area contributed by atoms with Gasteiger partial charge in [-0.25, -0.2) is 4.39 Å². The molecule has 2 N–H and O–H groups in total. The van der Waals surface area contributed by atoms with Gasteiger partial charge >= 0.3 is 0 Å². The largest absolute Gasteiger partial charge is 0.505 e. The molecule has 0 fully saturated rings. The molecule has 0 aliphatic heterocycles. The Morgan fingerprint density at radius 1 is 1.22 bits per heavy atom. The van der Waals surface area contributed by atoms with Gasteiger partial charge in [0.25, 0.3) is 5.91 Å². The van der Waals surface area contributed by atoms with E-state index in [2.05, 4.69) is 5.32 Å². The van der Waals surface area contributed by atoms with E-state index >= 15 is 0 Å². The number of aromatic hydroxyl groups is 1. The number of hydrogen-bond acceptors (Lipinski definition) is 3. The van der Waals surface area contributed by atoms with Gasteiger partial charge in [-0.15, -0.1) is 0 Å². The molecule has 0 aromatic heterocycles. The number of benzene rings is 2. The maximum Gasteiger partial charge on any atom is 0.254 e. The number of hydrogen-bond donors (Lipinski definition) is 2. The minimum absolute atomic E-state index is 0.0861. The highest BCUT2D eigenvalue weighted by atomic mass is 19.1. The van der Waals surface area contributed by atoms with E-state index in [1.807, 2.05) is 37.3 Å². The van der Waals surface area contributed by atoms with Crippen LogP contribution in [-0.4, -0.2) is 24.2 Å². The van der Waals surface area contributed by atoms with E-state index < -0.39 is 17.5 Å². The molecule has 5 heteroatoms. The summed E-state index contributed by atoms with van der Waals surface area (Å²) in [5, 5.41) is 11.9. The summed E-state index contributed by atoms with van der Waals surface area (Å²) < 4.78 is 19.2. The molecule has 1 unspecified atom stereocenters. The number of amides is 1. The standard InChI is InChI=1S/C18H20FNO3/c1-13(11-23-12-14-6-3-2-4-7-14)10-20-18(22)15-8-5-9-16(21)17(15)19/h2-9,13,21H,10-12H2,1H3,(H,20,22). The fourth-order valence-corrected chi connectivity index (χ4v) is 2.07. The van der Waals surface area contributed by atoms with E-state index in [0.29, 0.717) is 19.8 Å². The molecule has 0 radical (unpaired) electrons. The van der Waals surface area contributed by atoms with Gasteiger partial charge in [0.2, 0.25) is 0 Å². The SMILES string of the molecule is CC(CNC(=O)c1cccc(O)c1F)COCc1ccccc1. The fourth-order valence-electron chi connectivity index (χ4n) is 2.07. The van der Waals surface area contributed by atoms with Crippen LogP contribution in [0.2, 0.25) is 0 Å². The highest BCUT2D eigenvalue weighted by molar-refractivity contribution is 5.94. The van der Waals surface area contributed by atoms with Crippen molar-refractivity contribution in [2.45, 2.75) is 13.5 Å². The highest BCUT2D eigenvalue weighted by Crippen LogP contribution is 2.18. The second-order valence-electron chi connectivity index (χ2n) is 5.45. The maximum absolute atomic E-state index is 13.6. The predicted octanol–water partition coefficient (Wildman–Crippen LogP) is 3.11. The number of carbonyl (C=O) groups is 1. The lowest BCUT2D eigenvalue weighted by Crippen LogP contribution is -2.30. The van der Waals surface area contributed by atoms with Gasteiger partial charge in [0, 0.05) is 6.54 Å². The third kappa shape index (κ3) is 5.07. The maximum atomic E-state index is 13.6. The Bertz CT molecular complexity index is 646. The van der Waals surface area contributed by atoms with Crippen LogP contribution >= 0.6 is 0 Å². The Morgan fingerprint density at radius 3 is 2.70 bits per heavy atom. The van der Waals surface area contributed by atoms with Crippen molar-refractivity contribution < 1.29 is 19.0 Å². The molecule has 1 amide bonds. The minimum atomic E-state index is -0.905. The summed E-state index contributed by atoms with van der Waals surface area (Å²) in [4.78, 5) is 11.9. The Kier molecular flexibility index (Phi) is 6.11. The first-order valence-corrected chi connectivity index (χ1v) is 7.45. The summed E-state index contributed by atoms with van der Waals surface area (Å²) in [6.07, 6.45) is 0. The second-order valence-corrected chi connectivity index (χ2v) is 5.45. The lowest BCUT2D eigenvalue weighted by molar-refractivity contribution is 0.0841. The van der Waals surface area contributed by atoms with E-state index in [1.54, 1.807) is 0 Å². The molecule has 2 rings (SSSR count). The average molecular weight is 317 g/mol. The van der Waals surface area contributed by atoms with Crippen molar-refractivity contribution in [2.75, 3.05) is 13.2 Å². The summed E-state index contributed by atoms with van der Waals surface area (Å²) in [7, 11) is 0. The molecule has 4 nitrogen and oxygen atoms in total. The first-order chi connectivity index (χ1) is 11.1. The molecule has 122 valence electrons. The van der Waals surface area contributed by atoms with Crippen molar-refractivity contribution in [1.82, 2.24) is 5.32 Å². The summed E-state index contributed by atoms with van der Waals surface area (Å²) in [6.45, 7) is 3.30. The zero-order chi connectivity index (χ0) is 16.7. The number of carbonyl (C=O) groups excluding carboxylic acids is 1. The highest BCUT2D eigenvalue weighted by Gasteiger charge is 2.15. The topological polar surface area (TPSA) is 58.6 Å². The molecule has 1 atom stereocenters. The van der Waals surface area contributed by atoms with Gasteiger partial charge < -0.3 is 15.2 Å². The Hall–Kier alpha value is -2.40. The van der Waals surface area contributed by atoms with Crippen LogP contribution in [0.1, 0.15) is 22.8 Å². The Balaban J connectivity index is 1.74. The number of nitrogens with one attached hydrogen (secondary N) is 1. The molecule has 0 bridgehead atoms. The molecule has 0 saturated carbocycles. The van der Waals surface area contributed by atoms with Gasteiger partial charge in [-0.3, -0.25) is 4.79 Å². The van der Waals surface area contributed by atoms with E-state index in [9.17, 15) is 14.3 Å². The van der Waals surface area contributed by atoms with Crippen LogP contribution in [0.15, 0.2) is 48.5 Å². The number of ether oxygens (including phenoxy) is 1. The number of halogens is 1. The minimum Gasteiger partial charge on any atom is -0.505 e. The first kappa shape index (κ1) is 17.0. The Labute approximate surface area is 134 Å². The van der Waals surface area contributed by atoms with Gasteiger partial charge in [0.1, 0.15) is 0 Å². The van der Waals surface area contributed by atoms with Gasteiger partial charge in [0.15, 0.2) is 11.6 Å². The van der Waals surface area contributed by atoms with Crippen LogP contribution in [-0.2, 0) is 11.3 Å². The third-order valence-corrected chi connectivity index (χ3v) is 3.35. The van der Waals surface area contributed by atoms with Crippen molar-refractivity contribution in [3.8, 4) is 5.75 Å². The van der Waals surface area contributed by atoms with E-state index in [1.165, 1.54) is 18.2 Å². The van der Waals surface area contributed by atoms with Crippen LogP contribution < -0.4 is 5.32 Å². The van der Waals surface area contributed by atoms with Crippen molar-refractivity contribution >= 4 is 5.91 Å². The summed E-state index contributed by atoms with van der Waals surface area (Å²) in [5.74, 6) is -1.90. The number of phenols is 1. The van der Waals surface area contributed by atoms with Crippen molar-refractivity contribution in [1.29, 1.82) is 0 Å². The van der Waals surface area contributed by atoms with Gasteiger partial charge in [0.05, 0.1) is 18.8 Å². The zero-order valence-electron chi connectivity index (χ0n) is 13.0. The lowest BCUT2D eigenvalue weighted by Gasteiger charge is -2.13. The second kappa shape index (κ2) is 8.29. The predicted molar refractivity (Wildman–Crippen MR) is 85.7 cm³/mol. The van der Waals surface area contributed by atoms with Crippen LogP contribution in [0, 0.1) is 11.7 Å². The molecule has 0 saturated heterocycles. The summed E-state index contributed by atoms with van der Waals surface area (Å²) >= 11 is 0. The fraction of sp³-hybridized carbons (Fsp3) is 0.278. The molecule has 0 aliphatic rings. The average Bonchev–Trinajstić information content (AvgIpc) is 2.56. The normalized spacial score (nSPS) is 11.9. The van der Waals surface area contributed by atoms with E-state index in [4.69, 9.17) is 4.74 Å². The molecule has 0 spiro atoms. The molecule has 2 aromatic rings. The van der Waals surface area contributed by atoms with E-state index in [0.717, 1.165) is 5.56 Å². The summed E-state index contributed by atoms with van der Waals surface area (Å²) in [6, 6.07) is 13.8. The third-order valence-electron chi connectivity index (χ3n) is 3.35.